The van der Waals surface area contributed by atoms with E-state index in [1.807, 2.05) is 19.9 Å². The summed E-state index contributed by atoms with van der Waals surface area (Å²) in [5.41, 5.74) is 2.63. The van der Waals surface area contributed by atoms with E-state index in [0.29, 0.717) is 18.5 Å². The number of urea groups is 2. The zero-order valence-corrected chi connectivity index (χ0v) is 15.6. The summed E-state index contributed by atoms with van der Waals surface area (Å²) in [5, 5.41) is 4.68. The summed E-state index contributed by atoms with van der Waals surface area (Å²) in [6.45, 7) is 3.87. The summed E-state index contributed by atoms with van der Waals surface area (Å²) in [6.07, 6.45) is 5.02. The predicted octanol–water partition coefficient (Wildman–Crippen LogP) is 3.14. The Balaban J connectivity index is 2.06. The van der Waals surface area contributed by atoms with Crippen LogP contribution in [-0.4, -0.2) is 37.1 Å². The summed E-state index contributed by atoms with van der Waals surface area (Å²) in [5.74, 6) is 0. The zero-order chi connectivity index (χ0) is 18.6. The lowest BCUT2D eigenvalue weighted by Crippen LogP contribution is -2.51. The second kappa shape index (κ2) is 7.86. The molecule has 1 aliphatic carbocycles. The molecule has 1 saturated carbocycles. The van der Waals surface area contributed by atoms with Gasteiger partial charge in [0.15, 0.2) is 0 Å². The zero-order valence-electron chi connectivity index (χ0n) is 14.8. The molecule has 0 aliphatic heterocycles. The normalized spacial score (nSPS) is 15.5. The van der Waals surface area contributed by atoms with Crippen LogP contribution in [0.2, 0.25) is 0 Å². The molecule has 25 heavy (non-hydrogen) atoms. The van der Waals surface area contributed by atoms with Gasteiger partial charge in [0.2, 0.25) is 10.0 Å². The topological polar surface area (TPSA) is 95.6 Å². The largest absolute Gasteiger partial charge is 0.339 e. The van der Waals surface area contributed by atoms with Crippen LogP contribution in [0, 0.1) is 13.8 Å². The van der Waals surface area contributed by atoms with Gasteiger partial charge in [-0.3, -0.25) is 5.32 Å². The number of hydrogen-bond donors (Lipinski definition) is 2. The second-order valence-corrected chi connectivity index (χ2v) is 8.39. The highest BCUT2D eigenvalue weighted by molar-refractivity contribution is 7.88. The number of carbonyl (C=O) groups is 2. The minimum absolute atomic E-state index is 0.391. The van der Waals surface area contributed by atoms with Gasteiger partial charge >= 0.3 is 12.1 Å². The number of benzene rings is 1. The molecule has 2 rings (SSSR count). The first kappa shape index (κ1) is 19.2. The Bertz CT molecular complexity index is 755. The Morgan fingerprint density at radius 1 is 1.08 bits per heavy atom. The van der Waals surface area contributed by atoms with Crippen LogP contribution in [0.15, 0.2) is 18.2 Å². The molecular formula is C17H25N3O4S. The standard InChI is InChI=1S/C17H25N3O4S/c1-12-9-10-14(11-13(12)2)18-16(21)19-17(22)20(25(3,23)24)15-7-5-4-6-8-15/h9-11,15H,4-8H2,1-3H3,(H2,18,19,21,22). The van der Waals surface area contributed by atoms with Crippen LogP contribution in [0.4, 0.5) is 15.3 Å². The molecule has 7 nitrogen and oxygen atoms in total. The van der Waals surface area contributed by atoms with Crippen molar-refractivity contribution in [2.45, 2.75) is 52.0 Å². The highest BCUT2D eigenvalue weighted by atomic mass is 32.2. The summed E-state index contributed by atoms with van der Waals surface area (Å²) >= 11 is 0. The van der Waals surface area contributed by atoms with Gasteiger partial charge in [0.25, 0.3) is 0 Å². The number of sulfonamides is 1. The van der Waals surface area contributed by atoms with Crippen LogP contribution in [0.1, 0.15) is 43.2 Å². The van der Waals surface area contributed by atoms with E-state index >= 15 is 0 Å². The van der Waals surface area contributed by atoms with E-state index in [0.717, 1.165) is 41.0 Å². The molecule has 2 N–H and O–H groups in total. The molecule has 1 aromatic carbocycles. The fraction of sp³-hybridized carbons (Fsp3) is 0.529. The van der Waals surface area contributed by atoms with Gasteiger partial charge in [-0.2, -0.15) is 0 Å². The van der Waals surface area contributed by atoms with Gasteiger partial charge in [-0.1, -0.05) is 25.3 Å². The first-order valence-corrected chi connectivity index (χ1v) is 10.2. The van der Waals surface area contributed by atoms with E-state index in [1.54, 1.807) is 12.1 Å². The third-order valence-corrected chi connectivity index (χ3v) is 5.63. The van der Waals surface area contributed by atoms with Crippen LogP contribution in [-0.2, 0) is 10.0 Å². The maximum absolute atomic E-state index is 12.4. The van der Waals surface area contributed by atoms with Crippen LogP contribution < -0.4 is 10.6 Å². The first-order valence-electron chi connectivity index (χ1n) is 8.37. The van der Waals surface area contributed by atoms with E-state index in [-0.39, 0.29) is 0 Å². The number of carbonyl (C=O) groups excluding carboxylic acids is 2. The molecule has 1 fully saturated rings. The molecule has 0 atom stereocenters. The van der Waals surface area contributed by atoms with Crippen molar-refractivity contribution in [3.63, 3.8) is 0 Å². The molecule has 0 bridgehead atoms. The van der Waals surface area contributed by atoms with Gasteiger partial charge in [0, 0.05) is 11.7 Å². The lowest BCUT2D eigenvalue weighted by molar-refractivity contribution is 0.199. The van der Waals surface area contributed by atoms with Gasteiger partial charge in [0.05, 0.1) is 6.26 Å². The fourth-order valence-electron chi connectivity index (χ4n) is 3.04. The van der Waals surface area contributed by atoms with Crippen LogP contribution in [0.25, 0.3) is 0 Å². The number of hydrogen-bond acceptors (Lipinski definition) is 4. The molecule has 0 spiro atoms. The van der Waals surface area contributed by atoms with Gasteiger partial charge in [0.1, 0.15) is 0 Å². The predicted molar refractivity (Wildman–Crippen MR) is 97.0 cm³/mol. The summed E-state index contributed by atoms with van der Waals surface area (Å²) in [4.78, 5) is 24.5. The highest BCUT2D eigenvalue weighted by Crippen LogP contribution is 2.24. The van der Waals surface area contributed by atoms with E-state index in [9.17, 15) is 18.0 Å². The molecule has 0 heterocycles. The lowest BCUT2D eigenvalue weighted by Gasteiger charge is -2.32. The molecular weight excluding hydrogens is 342 g/mol. The minimum atomic E-state index is -3.75. The third kappa shape index (κ3) is 5.19. The molecule has 138 valence electrons. The lowest BCUT2D eigenvalue weighted by atomic mass is 9.96. The molecule has 1 aromatic rings. The molecule has 0 aromatic heterocycles. The SMILES string of the molecule is Cc1ccc(NC(=O)NC(=O)N(C2CCCCC2)S(C)(=O)=O)cc1C. The Labute approximate surface area is 148 Å². The number of aryl methyl sites for hydroxylation is 2. The molecule has 4 amide bonds. The molecule has 0 unspecified atom stereocenters. The van der Waals surface area contributed by atoms with Crippen molar-refractivity contribution in [1.29, 1.82) is 0 Å². The van der Waals surface area contributed by atoms with Crippen molar-refractivity contribution in [1.82, 2.24) is 9.62 Å². The number of nitrogens with zero attached hydrogens (tertiary/aromatic N) is 1. The van der Waals surface area contributed by atoms with Crippen LogP contribution >= 0.6 is 0 Å². The first-order chi connectivity index (χ1) is 11.7. The number of amides is 4. The van der Waals surface area contributed by atoms with Gasteiger partial charge in [-0.25, -0.2) is 22.3 Å². The molecule has 0 radical (unpaired) electrons. The van der Waals surface area contributed by atoms with Gasteiger partial charge in [-0.05, 0) is 49.9 Å². The van der Waals surface area contributed by atoms with Crippen LogP contribution in [0.3, 0.4) is 0 Å². The van der Waals surface area contributed by atoms with Crippen molar-refractivity contribution in [3.8, 4) is 0 Å². The Morgan fingerprint density at radius 2 is 1.72 bits per heavy atom. The second-order valence-electron chi connectivity index (χ2n) is 6.53. The summed E-state index contributed by atoms with van der Waals surface area (Å²) in [6, 6.07) is 3.32. The van der Waals surface area contributed by atoms with E-state index in [2.05, 4.69) is 10.6 Å². The average molecular weight is 367 g/mol. The molecule has 1 aliphatic rings. The Kier molecular flexibility index (Phi) is 6.05. The van der Waals surface area contributed by atoms with Crippen molar-refractivity contribution in [3.05, 3.63) is 29.3 Å². The van der Waals surface area contributed by atoms with Crippen LogP contribution in [0.5, 0.6) is 0 Å². The van der Waals surface area contributed by atoms with E-state index in [4.69, 9.17) is 0 Å². The fourth-order valence-corrected chi connectivity index (χ4v) is 4.14. The number of imide groups is 1. The Morgan fingerprint density at radius 3 is 2.28 bits per heavy atom. The average Bonchev–Trinajstić information content (AvgIpc) is 2.50. The monoisotopic (exact) mass is 367 g/mol. The smallest absolute Gasteiger partial charge is 0.308 e. The van der Waals surface area contributed by atoms with Gasteiger partial charge < -0.3 is 5.32 Å². The summed E-state index contributed by atoms with van der Waals surface area (Å²) in [7, 11) is -3.75. The van der Waals surface area contributed by atoms with Crippen molar-refractivity contribution >= 4 is 27.8 Å². The molecule has 0 saturated heterocycles. The quantitative estimate of drug-likeness (QED) is 0.858. The maximum Gasteiger partial charge on any atom is 0.339 e. The van der Waals surface area contributed by atoms with E-state index < -0.39 is 28.1 Å². The van der Waals surface area contributed by atoms with Crippen molar-refractivity contribution in [2.24, 2.45) is 0 Å². The van der Waals surface area contributed by atoms with Crippen molar-refractivity contribution in [2.75, 3.05) is 11.6 Å². The number of nitrogens with one attached hydrogen (secondary N) is 2. The Hall–Kier alpha value is -2.09. The van der Waals surface area contributed by atoms with Crippen molar-refractivity contribution < 1.29 is 18.0 Å². The van der Waals surface area contributed by atoms with Gasteiger partial charge in [-0.15, -0.1) is 0 Å². The highest BCUT2D eigenvalue weighted by Gasteiger charge is 2.33. The number of anilines is 1. The third-order valence-electron chi connectivity index (χ3n) is 4.45. The molecule has 8 heteroatoms. The van der Waals surface area contributed by atoms with E-state index in [1.165, 1.54) is 0 Å². The summed E-state index contributed by atoms with van der Waals surface area (Å²) < 4.78 is 24.9. The minimum Gasteiger partial charge on any atom is -0.308 e. The number of rotatable bonds is 3. The maximum atomic E-state index is 12.4.